The topological polar surface area (TPSA) is 66.2 Å². The number of nitrogens with zero attached hydrogens (tertiary/aromatic N) is 1. The van der Waals surface area contributed by atoms with E-state index in [-0.39, 0.29) is 11.0 Å². The number of anilines is 2. The van der Waals surface area contributed by atoms with E-state index >= 15 is 0 Å². The van der Waals surface area contributed by atoms with Crippen molar-refractivity contribution in [1.82, 2.24) is 0 Å². The van der Waals surface area contributed by atoms with E-state index in [9.17, 15) is 0 Å². The summed E-state index contributed by atoms with van der Waals surface area (Å²) in [5, 5.41) is 0. The standard InChI is InChI=1S/C20H19BN.2H2O/c1-16-8-12-19(13-9-16)22(20-14-10-17(2)11-15-20)21-18-6-4-3-5-7-18;;/h3-15H,1-2H3;2*1H2. The van der Waals surface area contributed by atoms with Crippen LogP contribution in [0.2, 0.25) is 0 Å². The van der Waals surface area contributed by atoms with Crippen LogP contribution in [-0.2, 0) is 0 Å². The Morgan fingerprint density at radius 1 is 0.583 bits per heavy atom. The molecule has 0 unspecified atom stereocenters. The molecule has 0 bridgehead atoms. The number of rotatable bonds is 4. The molecule has 3 aromatic rings. The van der Waals surface area contributed by atoms with Gasteiger partial charge in [0.25, 0.3) is 7.41 Å². The van der Waals surface area contributed by atoms with Crippen LogP contribution in [0.5, 0.6) is 0 Å². The maximum atomic E-state index is 2.23. The van der Waals surface area contributed by atoms with Gasteiger partial charge in [-0.3, -0.25) is 0 Å². The van der Waals surface area contributed by atoms with Crippen LogP contribution in [0.1, 0.15) is 11.1 Å². The van der Waals surface area contributed by atoms with E-state index in [0.29, 0.717) is 0 Å². The molecule has 24 heavy (non-hydrogen) atoms. The maximum absolute atomic E-state index is 2.23. The Labute approximate surface area is 144 Å². The second-order valence-electron chi connectivity index (χ2n) is 5.58. The van der Waals surface area contributed by atoms with E-state index in [1.165, 1.54) is 28.0 Å². The van der Waals surface area contributed by atoms with E-state index in [1.54, 1.807) is 0 Å². The quantitative estimate of drug-likeness (QED) is 0.682. The molecule has 1 radical (unpaired) electrons. The fourth-order valence-corrected chi connectivity index (χ4v) is 2.40. The molecule has 0 amide bonds. The van der Waals surface area contributed by atoms with Crippen molar-refractivity contribution in [2.24, 2.45) is 0 Å². The first kappa shape index (κ1) is 19.5. The highest BCUT2D eigenvalue weighted by Crippen LogP contribution is 2.24. The Bertz CT molecular complexity index is 682. The molecule has 0 aliphatic carbocycles. The van der Waals surface area contributed by atoms with E-state index < -0.39 is 0 Å². The lowest BCUT2D eigenvalue weighted by Crippen LogP contribution is -2.32. The average Bonchev–Trinajstić information content (AvgIpc) is 2.56. The van der Waals surface area contributed by atoms with E-state index in [1.807, 2.05) is 6.07 Å². The van der Waals surface area contributed by atoms with Crippen molar-refractivity contribution in [2.75, 3.05) is 4.81 Å². The minimum atomic E-state index is 0. The zero-order valence-electron chi connectivity index (χ0n) is 14.0. The first-order chi connectivity index (χ1) is 10.7. The minimum Gasteiger partial charge on any atom is -0.412 e. The van der Waals surface area contributed by atoms with Gasteiger partial charge in [-0.2, -0.15) is 0 Å². The van der Waals surface area contributed by atoms with Crippen molar-refractivity contribution in [3.05, 3.63) is 90.0 Å². The number of aryl methyl sites for hydroxylation is 2. The van der Waals surface area contributed by atoms with E-state index in [2.05, 4.69) is 98.9 Å². The van der Waals surface area contributed by atoms with Crippen molar-refractivity contribution in [2.45, 2.75) is 13.8 Å². The molecule has 4 heteroatoms. The lowest BCUT2D eigenvalue weighted by molar-refractivity contribution is 0.823. The van der Waals surface area contributed by atoms with Crippen LogP contribution in [0.4, 0.5) is 11.4 Å². The third-order valence-electron chi connectivity index (χ3n) is 3.70. The molecule has 0 aliphatic rings. The normalized spacial score (nSPS) is 9.42. The SMILES string of the molecule is Cc1ccc(N([B]c2ccccc2)c2ccc(C)cc2)cc1.O.O. The molecule has 0 saturated heterocycles. The number of hydrogen-bond acceptors (Lipinski definition) is 1. The van der Waals surface area contributed by atoms with Crippen LogP contribution in [0.15, 0.2) is 78.9 Å². The Morgan fingerprint density at radius 2 is 1.00 bits per heavy atom. The summed E-state index contributed by atoms with van der Waals surface area (Å²) >= 11 is 0. The fourth-order valence-electron chi connectivity index (χ4n) is 2.40. The highest BCUT2D eigenvalue weighted by atomic mass is 16.0. The first-order valence-electron chi connectivity index (χ1n) is 7.55. The zero-order valence-corrected chi connectivity index (χ0v) is 14.0. The zero-order chi connectivity index (χ0) is 15.4. The Morgan fingerprint density at radius 3 is 1.42 bits per heavy atom. The van der Waals surface area contributed by atoms with Gasteiger partial charge in [-0.15, -0.1) is 0 Å². The molecule has 0 saturated carbocycles. The third kappa shape index (κ3) is 4.72. The Hall–Kier alpha value is -2.56. The highest BCUT2D eigenvalue weighted by molar-refractivity contribution is 6.59. The molecule has 0 atom stereocenters. The van der Waals surface area contributed by atoms with Gasteiger partial charge in [0.15, 0.2) is 0 Å². The van der Waals surface area contributed by atoms with Gasteiger partial charge < -0.3 is 15.8 Å². The van der Waals surface area contributed by atoms with Crippen LogP contribution in [-0.4, -0.2) is 18.4 Å². The van der Waals surface area contributed by atoms with Crippen molar-refractivity contribution < 1.29 is 11.0 Å². The van der Waals surface area contributed by atoms with Crippen molar-refractivity contribution >= 4 is 24.3 Å². The summed E-state index contributed by atoms with van der Waals surface area (Å²) in [5.74, 6) is 0. The molecule has 0 aliphatic heterocycles. The second-order valence-corrected chi connectivity index (χ2v) is 5.58. The van der Waals surface area contributed by atoms with Crippen LogP contribution in [0, 0.1) is 13.8 Å². The monoisotopic (exact) mass is 320 g/mol. The van der Waals surface area contributed by atoms with Gasteiger partial charge in [-0.25, -0.2) is 0 Å². The summed E-state index contributed by atoms with van der Waals surface area (Å²) in [6.45, 7) is 4.22. The summed E-state index contributed by atoms with van der Waals surface area (Å²) in [6.07, 6.45) is 0. The molecule has 3 aromatic carbocycles. The summed E-state index contributed by atoms with van der Waals surface area (Å²) in [4.78, 5) is 2.23. The first-order valence-corrected chi connectivity index (χ1v) is 7.55. The Kier molecular flexibility index (Phi) is 7.24. The molecule has 4 N–H and O–H groups in total. The van der Waals surface area contributed by atoms with Crippen LogP contribution in [0.3, 0.4) is 0 Å². The lowest BCUT2D eigenvalue weighted by Gasteiger charge is -2.25. The summed E-state index contributed by atoms with van der Waals surface area (Å²) < 4.78 is 0. The van der Waals surface area contributed by atoms with Crippen LogP contribution in [0.25, 0.3) is 0 Å². The maximum Gasteiger partial charge on any atom is 0.290 e. The predicted octanol–water partition coefficient (Wildman–Crippen LogP) is 2.74. The van der Waals surface area contributed by atoms with Gasteiger partial charge in [-0.05, 0) is 38.1 Å². The molecule has 123 valence electrons. The molecule has 0 heterocycles. The molecule has 0 aromatic heterocycles. The molecule has 3 rings (SSSR count). The predicted molar refractivity (Wildman–Crippen MR) is 104 cm³/mol. The molecular formula is C20H23BNO2. The Balaban J connectivity index is 0.00000144. The summed E-state index contributed by atoms with van der Waals surface area (Å²) in [5.41, 5.74) is 6.06. The van der Waals surface area contributed by atoms with E-state index in [4.69, 9.17) is 0 Å². The van der Waals surface area contributed by atoms with Gasteiger partial charge in [0.2, 0.25) is 0 Å². The largest absolute Gasteiger partial charge is 0.412 e. The highest BCUT2D eigenvalue weighted by Gasteiger charge is 2.11. The fraction of sp³-hybridized carbons (Fsp3) is 0.100. The smallest absolute Gasteiger partial charge is 0.290 e. The van der Waals surface area contributed by atoms with Crippen LogP contribution >= 0.6 is 0 Å². The van der Waals surface area contributed by atoms with Gasteiger partial charge in [-0.1, -0.05) is 71.2 Å². The van der Waals surface area contributed by atoms with Crippen LogP contribution < -0.4 is 10.3 Å². The van der Waals surface area contributed by atoms with Crippen molar-refractivity contribution in [3.8, 4) is 0 Å². The average molecular weight is 320 g/mol. The summed E-state index contributed by atoms with van der Waals surface area (Å²) in [6, 6.07) is 27.6. The van der Waals surface area contributed by atoms with E-state index in [0.717, 1.165) is 0 Å². The van der Waals surface area contributed by atoms with Crippen molar-refractivity contribution in [1.29, 1.82) is 0 Å². The number of benzene rings is 3. The second kappa shape index (κ2) is 8.92. The third-order valence-corrected chi connectivity index (χ3v) is 3.70. The van der Waals surface area contributed by atoms with Gasteiger partial charge in [0.1, 0.15) is 0 Å². The summed E-state index contributed by atoms with van der Waals surface area (Å²) in [7, 11) is 2.18. The van der Waals surface area contributed by atoms with Gasteiger partial charge >= 0.3 is 0 Å². The molecular weight excluding hydrogens is 297 g/mol. The van der Waals surface area contributed by atoms with Gasteiger partial charge in [0.05, 0.1) is 0 Å². The minimum absolute atomic E-state index is 0. The lowest BCUT2D eigenvalue weighted by atomic mass is 9.79. The molecule has 0 fully saturated rings. The van der Waals surface area contributed by atoms with Crippen molar-refractivity contribution in [3.63, 3.8) is 0 Å². The molecule has 3 nitrogen and oxygen atoms in total. The number of hydrogen-bond donors (Lipinski definition) is 0. The van der Waals surface area contributed by atoms with Gasteiger partial charge in [0, 0.05) is 11.4 Å². The molecule has 0 spiro atoms.